The van der Waals surface area contributed by atoms with Crippen molar-refractivity contribution in [1.29, 1.82) is 0 Å². The molecule has 0 bridgehead atoms. The normalized spacial score (nSPS) is 19.0. The molecule has 1 heterocycles. The predicted molar refractivity (Wildman–Crippen MR) is 108 cm³/mol. The van der Waals surface area contributed by atoms with Gasteiger partial charge in [-0.3, -0.25) is 14.5 Å². The summed E-state index contributed by atoms with van der Waals surface area (Å²) in [5.41, 5.74) is 0.388. The first kappa shape index (κ1) is 21.1. The summed E-state index contributed by atoms with van der Waals surface area (Å²) < 4.78 is 13.4. The largest absolute Gasteiger partial charge is 0.352 e. The fourth-order valence-electron chi connectivity index (χ4n) is 4.31. The maximum atomic E-state index is 13.4. The van der Waals surface area contributed by atoms with Crippen molar-refractivity contribution in [2.45, 2.75) is 45.6 Å². The van der Waals surface area contributed by atoms with Gasteiger partial charge in [-0.1, -0.05) is 18.5 Å². The number of nitrogens with zero attached hydrogens (tertiary/aromatic N) is 1. The molecule has 1 spiro atoms. The van der Waals surface area contributed by atoms with Crippen LogP contribution in [0.15, 0.2) is 18.2 Å². The molecule has 7 heteroatoms. The van der Waals surface area contributed by atoms with E-state index in [1.807, 2.05) is 13.8 Å². The molecule has 1 saturated heterocycles. The van der Waals surface area contributed by atoms with Gasteiger partial charge in [0.1, 0.15) is 5.82 Å². The van der Waals surface area contributed by atoms with Crippen LogP contribution >= 0.6 is 11.6 Å². The average molecular weight is 410 g/mol. The third kappa shape index (κ3) is 5.03. The topological polar surface area (TPSA) is 61.4 Å². The van der Waals surface area contributed by atoms with E-state index in [-0.39, 0.29) is 27.9 Å². The van der Waals surface area contributed by atoms with Crippen molar-refractivity contribution < 1.29 is 14.0 Å². The second-order valence-electron chi connectivity index (χ2n) is 9.07. The number of rotatable bonds is 7. The minimum Gasteiger partial charge on any atom is -0.352 e. The van der Waals surface area contributed by atoms with Gasteiger partial charge in [-0.05, 0) is 62.6 Å². The number of likely N-dealkylation sites (tertiary alicyclic amines) is 1. The van der Waals surface area contributed by atoms with Crippen molar-refractivity contribution in [3.63, 3.8) is 0 Å². The Morgan fingerprint density at radius 3 is 2.57 bits per heavy atom. The van der Waals surface area contributed by atoms with Crippen LogP contribution in [0.3, 0.4) is 0 Å². The molecule has 1 saturated carbocycles. The van der Waals surface area contributed by atoms with E-state index in [2.05, 4.69) is 22.5 Å². The van der Waals surface area contributed by atoms with E-state index in [1.165, 1.54) is 18.2 Å². The minimum absolute atomic E-state index is 0.0820. The highest BCUT2D eigenvalue weighted by Gasteiger charge is 2.52. The van der Waals surface area contributed by atoms with E-state index >= 15 is 0 Å². The van der Waals surface area contributed by atoms with Gasteiger partial charge in [-0.15, -0.1) is 0 Å². The van der Waals surface area contributed by atoms with E-state index in [0.717, 1.165) is 32.4 Å². The van der Waals surface area contributed by atoms with Gasteiger partial charge in [0.25, 0.3) is 5.91 Å². The molecule has 2 N–H and O–H groups in total. The molecule has 2 amide bonds. The minimum atomic E-state index is -0.513. The van der Waals surface area contributed by atoms with Crippen LogP contribution in [0.1, 0.15) is 50.4 Å². The number of hydrogen-bond donors (Lipinski definition) is 2. The molecule has 5 nitrogen and oxygen atoms in total. The molecule has 1 aliphatic heterocycles. The van der Waals surface area contributed by atoms with Crippen LogP contribution in [0, 0.1) is 17.2 Å². The molecule has 154 valence electrons. The Bertz CT molecular complexity index is 734. The molecule has 2 aliphatic rings. The summed E-state index contributed by atoms with van der Waals surface area (Å²) in [5.74, 6) is -0.296. The first-order valence-corrected chi connectivity index (χ1v) is 10.3. The first-order chi connectivity index (χ1) is 13.1. The van der Waals surface area contributed by atoms with Crippen molar-refractivity contribution >= 4 is 23.4 Å². The number of amides is 2. The summed E-state index contributed by atoms with van der Waals surface area (Å²) in [6, 6.07) is 3.84. The molecular formula is C21H29ClFN3O2. The molecule has 0 radical (unpaired) electrons. The third-order valence-corrected chi connectivity index (χ3v) is 6.18. The standard InChI is InChI=1S/C21H29ClFN3O2/c1-4-20(2,3)25-18(27)11-26-12-21(13-26)8-14(9-21)10-24-19(28)15-5-16(22)7-17(23)6-15/h5-7,14H,4,8-13H2,1-3H3,(H,24,28)(H,25,27). The summed E-state index contributed by atoms with van der Waals surface area (Å²) in [6.45, 7) is 9.05. The van der Waals surface area contributed by atoms with Gasteiger partial charge in [0.05, 0.1) is 6.54 Å². The molecule has 0 unspecified atom stereocenters. The van der Waals surface area contributed by atoms with Gasteiger partial charge < -0.3 is 10.6 Å². The monoisotopic (exact) mass is 409 g/mol. The lowest BCUT2D eigenvalue weighted by Gasteiger charge is -2.59. The van der Waals surface area contributed by atoms with Crippen LogP contribution in [0.5, 0.6) is 0 Å². The van der Waals surface area contributed by atoms with Gasteiger partial charge in [-0.2, -0.15) is 0 Å². The lowest BCUT2D eigenvalue weighted by atomic mass is 9.57. The predicted octanol–water partition coefficient (Wildman–Crippen LogP) is 3.23. The maximum absolute atomic E-state index is 13.4. The van der Waals surface area contributed by atoms with Crippen molar-refractivity contribution in [2.75, 3.05) is 26.2 Å². The Morgan fingerprint density at radius 1 is 1.29 bits per heavy atom. The Balaban J connectivity index is 1.36. The van der Waals surface area contributed by atoms with E-state index in [0.29, 0.717) is 24.4 Å². The zero-order chi connectivity index (χ0) is 20.5. The molecular weight excluding hydrogens is 381 g/mol. The quantitative estimate of drug-likeness (QED) is 0.726. The number of carbonyl (C=O) groups excluding carboxylic acids is 2. The molecule has 28 heavy (non-hydrogen) atoms. The third-order valence-electron chi connectivity index (χ3n) is 5.97. The molecule has 1 aromatic carbocycles. The zero-order valence-electron chi connectivity index (χ0n) is 16.8. The van der Waals surface area contributed by atoms with Crippen LogP contribution in [0.25, 0.3) is 0 Å². The highest BCUT2D eigenvalue weighted by molar-refractivity contribution is 6.31. The Hall–Kier alpha value is -1.66. The average Bonchev–Trinajstić information content (AvgIpc) is 2.53. The van der Waals surface area contributed by atoms with E-state index in [9.17, 15) is 14.0 Å². The fourth-order valence-corrected chi connectivity index (χ4v) is 4.54. The summed E-state index contributed by atoms with van der Waals surface area (Å²) in [6.07, 6.45) is 3.00. The summed E-state index contributed by atoms with van der Waals surface area (Å²) in [4.78, 5) is 26.5. The second kappa shape index (κ2) is 7.99. The van der Waals surface area contributed by atoms with Crippen LogP contribution < -0.4 is 10.6 Å². The molecule has 1 aliphatic carbocycles. The summed E-state index contributed by atoms with van der Waals surface area (Å²) in [7, 11) is 0. The second-order valence-corrected chi connectivity index (χ2v) is 9.51. The van der Waals surface area contributed by atoms with Crippen molar-refractivity contribution in [3.8, 4) is 0 Å². The Labute approximate surface area is 171 Å². The smallest absolute Gasteiger partial charge is 0.251 e. The lowest BCUT2D eigenvalue weighted by molar-refractivity contribution is -0.133. The van der Waals surface area contributed by atoms with Crippen molar-refractivity contribution in [1.82, 2.24) is 15.5 Å². The van der Waals surface area contributed by atoms with E-state index in [1.54, 1.807) is 0 Å². The fraction of sp³-hybridized carbons (Fsp3) is 0.619. The molecule has 2 fully saturated rings. The van der Waals surface area contributed by atoms with Crippen LogP contribution in [0.4, 0.5) is 4.39 Å². The molecule has 1 aromatic rings. The van der Waals surface area contributed by atoms with Gasteiger partial charge in [-0.25, -0.2) is 4.39 Å². The molecule has 0 aromatic heterocycles. The Morgan fingerprint density at radius 2 is 1.96 bits per heavy atom. The summed E-state index contributed by atoms with van der Waals surface area (Å²) >= 11 is 5.80. The zero-order valence-corrected chi connectivity index (χ0v) is 17.5. The first-order valence-electron chi connectivity index (χ1n) is 9.87. The van der Waals surface area contributed by atoms with Crippen LogP contribution in [-0.4, -0.2) is 48.4 Å². The molecule has 3 rings (SSSR count). The van der Waals surface area contributed by atoms with E-state index < -0.39 is 5.82 Å². The van der Waals surface area contributed by atoms with Crippen molar-refractivity contribution in [2.24, 2.45) is 11.3 Å². The van der Waals surface area contributed by atoms with Gasteiger partial charge in [0.15, 0.2) is 0 Å². The lowest BCUT2D eigenvalue weighted by Crippen LogP contribution is -2.65. The van der Waals surface area contributed by atoms with Crippen LogP contribution in [0.2, 0.25) is 5.02 Å². The van der Waals surface area contributed by atoms with Gasteiger partial charge in [0, 0.05) is 35.8 Å². The summed E-state index contributed by atoms with van der Waals surface area (Å²) in [5, 5.41) is 6.16. The number of benzene rings is 1. The molecule has 0 atom stereocenters. The maximum Gasteiger partial charge on any atom is 0.251 e. The van der Waals surface area contributed by atoms with Gasteiger partial charge in [0.2, 0.25) is 5.91 Å². The SMILES string of the molecule is CCC(C)(C)NC(=O)CN1CC2(CC(CNC(=O)c3cc(F)cc(Cl)c3)C2)C1. The number of carbonyl (C=O) groups is 2. The Kier molecular flexibility index (Phi) is 6.01. The number of nitrogens with one attached hydrogen (secondary N) is 2. The highest BCUT2D eigenvalue weighted by Crippen LogP contribution is 2.51. The van der Waals surface area contributed by atoms with Gasteiger partial charge >= 0.3 is 0 Å². The highest BCUT2D eigenvalue weighted by atomic mass is 35.5. The number of halogens is 2. The van der Waals surface area contributed by atoms with E-state index in [4.69, 9.17) is 11.6 Å². The number of hydrogen-bond acceptors (Lipinski definition) is 3. The van der Waals surface area contributed by atoms with Crippen LogP contribution in [-0.2, 0) is 4.79 Å². The van der Waals surface area contributed by atoms with Crippen molar-refractivity contribution in [3.05, 3.63) is 34.6 Å².